The summed E-state index contributed by atoms with van der Waals surface area (Å²) in [7, 11) is 0. The van der Waals surface area contributed by atoms with Gasteiger partial charge in [0.15, 0.2) is 0 Å². The molecular formula is C15H19N3. The molecule has 0 saturated heterocycles. The first-order valence-corrected chi connectivity index (χ1v) is 6.60. The number of anilines is 1. The molecule has 3 nitrogen and oxygen atoms in total. The van der Waals surface area contributed by atoms with Gasteiger partial charge in [-0.2, -0.15) is 5.10 Å². The summed E-state index contributed by atoms with van der Waals surface area (Å²) < 4.78 is 2.06. The quantitative estimate of drug-likeness (QED) is 0.834. The molecule has 1 aromatic heterocycles. The number of rotatable bonds is 1. The SMILES string of the molecule is Cc1ccc(C)c(-n2nc(N)c3c2CCCC3)c1. The van der Waals surface area contributed by atoms with Crippen molar-refractivity contribution in [2.24, 2.45) is 0 Å². The Morgan fingerprint density at radius 2 is 1.94 bits per heavy atom. The predicted octanol–water partition coefficient (Wildman–Crippen LogP) is 2.95. The molecule has 0 spiro atoms. The minimum Gasteiger partial charge on any atom is -0.382 e. The molecule has 2 N–H and O–H groups in total. The van der Waals surface area contributed by atoms with E-state index in [0.29, 0.717) is 5.82 Å². The lowest BCUT2D eigenvalue weighted by Crippen LogP contribution is -2.09. The van der Waals surface area contributed by atoms with E-state index in [9.17, 15) is 0 Å². The van der Waals surface area contributed by atoms with E-state index >= 15 is 0 Å². The zero-order chi connectivity index (χ0) is 12.7. The van der Waals surface area contributed by atoms with E-state index < -0.39 is 0 Å². The molecule has 0 unspecified atom stereocenters. The van der Waals surface area contributed by atoms with Gasteiger partial charge in [0.2, 0.25) is 0 Å². The topological polar surface area (TPSA) is 43.8 Å². The number of hydrogen-bond acceptors (Lipinski definition) is 2. The van der Waals surface area contributed by atoms with Crippen molar-refractivity contribution in [3.05, 3.63) is 40.6 Å². The normalized spacial score (nSPS) is 14.6. The number of aromatic nitrogens is 2. The minimum absolute atomic E-state index is 0.714. The van der Waals surface area contributed by atoms with Crippen LogP contribution in [-0.2, 0) is 12.8 Å². The standard InChI is InChI=1S/C15H19N3/c1-10-7-8-11(2)14(9-10)18-13-6-4-3-5-12(13)15(16)17-18/h7-9H,3-6H2,1-2H3,(H2,16,17). The second-order valence-electron chi connectivity index (χ2n) is 5.22. The fraction of sp³-hybridized carbons (Fsp3) is 0.400. The highest BCUT2D eigenvalue weighted by Crippen LogP contribution is 2.29. The van der Waals surface area contributed by atoms with Crippen LogP contribution < -0.4 is 5.73 Å². The average Bonchev–Trinajstić information content (AvgIpc) is 2.71. The van der Waals surface area contributed by atoms with Gasteiger partial charge >= 0.3 is 0 Å². The molecule has 1 aliphatic rings. The molecule has 0 radical (unpaired) electrons. The number of hydrogen-bond donors (Lipinski definition) is 1. The van der Waals surface area contributed by atoms with Crippen molar-refractivity contribution < 1.29 is 0 Å². The van der Waals surface area contributed by atoms with E-state index in [-0.39, 0.29) is 0 Å². The van der Waals surface area contributed by atoms with Crippen LogP contribution in [0.15, 0.2) is 18.2 Å². The monoisotopic (exact) mass is 241 g/mol. The number of aryl methyl sites for hydroxylation is 2. The second kappa shape index (κ2) is 4.16. The van der Waals surface area contributed by atoms with Crippen LogP contribution in [0.4, 0.5) is 5.82 Å². The first-order chi connectivity index (χ1) is 8.66. The predicted molar refractivity (Wildman–Crippen MR) is 74.1 cm³/mol. The van der Waals surface area contributed by atoms with Crippen LogP contribution in [0.25, 0.3) is 5.69 Å². The summed E-state index contributed by atoms with van der Waals surface area (Å²) in [6.07, 6.45) is 4.64. The average molecular weight is 241 g/mol. The Kier molecular flexibility index (Phi) is 2.62. The van der Waals surface area contributed by atoms with E-state index in [4.69, 9.17) is 5.73 Å². The lowest BCUT2D eigenvalue weighted by atomic mass is 9.97. The van der Waals surface area contributed by atoms with Gasteiger partial charge in [-0.15, -0.1) is 0 Å². The number of benzene rings is 1. The van der Waals surface area contributed by atoms with Crippen molar-refractivity contribution in [3.63, 3.8) is 0 Å². The molecule has 2 aromatic rings. The maximum Gasteiger partial charge on any atom is 0.149 e. The molecule has 0 aliphatic heterocycles. The molecule has 0 fully saturated rings. The van der Waals surface area contributed by atoms with E-state index in [0.717, 1.165) is 12.8 Å². The molecule has 1 heterocycles. The Bertz CT molecular complexity index is 596. The summed E-state index contributed by atoms with van der Waals surface area (Å²) in [6, 6.07) is 6.48. The van der Waals surface area contributed by atoms with E-state index in [2.05, 4.69) is 41.8 Å². The summed E-state index contributed by atoms with van der Waals surface area (Å²) in [4.78, 5) is 0. The molecule has 0 amide bonds. The van der Waals surface area contributed by atoms with E-state index in [1.165, 1.54) is 40.9 Å². The molecule has 3 heteroatoms. The maximum absolute atomic E-state index is 6.06. The molecule has 0 bridgehead atoms. The van der Waals surface area contributed by atoms with Crippen LogP contribution in [-0.4, -0.2) is 9.78 Å². The Morgan fingerprint density at radius 1 is 1.17 bits per heavy atom. The van der Waals surface area contributed by atoms with Crippen LogP contribution in [0, 0.1) is 13.8 Å². The smallest absolute Gasteiger partial charge is 0.149 e. The molecule has 1 aliphatic carbocycles. The van der Waals surface area contributed by atoms with Crippen molar-refractivity contribution in [2.75, 3.05) is 5.73 Å². The number of nitrogens with zero attached hydrogens (tertiary/aromatic N) is 2. The molecular weight excluding hydrogens is 222 g/mol. The van der Waals surface area contributed by atoms with Gasteiger partial charge in [0.25, 0.3) is 0 Å². The summed E-state index contributed by atoms with van der Waals surface area (Å²) >= 11 is 0. The Morgan fingerprint density at radius 3 is 2.78 bits per heavy atom. The first-order valence-electron chi connectivity index (χ1n) is 6.60. The van der Waals surface area contributed by atoms with Gasteiger partial charge in [0, 0.05) is 11.3 Å². The number of fused-ring (bicyclic) bond motifs is 1. The highest BCUT2D eigenvalue weighted by Gasteiger charge is 2.20. The Labute approximate surface area is 108 Å². The zero-order valence-electron chi connectivity index (χ0n) is 11.0. The van der Waals surface area contributed by atoms with Crippen LogP contribution in [0.1, 0.15) is 35.2 Å². The molecule has 0 atom stereocenters. The number of nitrogen functional groups attached to an aromatic ring is 1. The molecule has 18 heavy (non-hydrogen) atoms. The largest absolute Gasteiger partial charge is 0.382 e. The van der Waals surface area contributed by atoms with Gasteiger partial charge in [-0.1, -0.05) is 12.1 Å². The van der Waals surface area contributed by atoms with E-state index in [1.807, 2.05) is 0 Å². The van der Waals surface area contributed by atoms with Gasteiger partial charge in [-0.3, -0.25) is 0 Å². The first kappa shape index (κ1) is 11.3. The molecule has 1 aromatic carbocycles. The van der Waals surface area contributed by atoms with Crippen molar-refractivity contribution in [3.8, 4) is 5.69 Å². The van der Waals surface area contributed by atoms with Crippen molar-refractivity contribution in [1.82, 2.24) is 9.78 Å². The summed E-state index contributed by atoms with van der Waals surface area (Å²) in [6.45, 7) is 4.24. The lowest BCUT2D eigenvalue weighted by molar-refractivity contribution is 0.652. The third-order valence-electron chi connectivity index (χ3n) is 3.80. The Balaban J connectivity index is 2.20. The van der Waals surface area contributed by atoms with Gasteiger partial charge in [0.05, 0.1) is 5.69 Å². The Hall–Kier alpha value is -1.77. The third-order valence-corrected chi connectivity index (χ3v) is 3.80. The second-order valence-corrected chi connectivity index (χ2v) is 5.22. The highest BCUT2D eigenvalue weighted by molar-refractivity contribution is 5.51. The summed E-state index contributed by atoms with van der Waals surface area (Å²) in [5.74, 6) is 0.714. The van der Waals surface area contributed by atoms with Crippen molar-refractivity contribution in [2.45, 2.75) is 39.5 Å². The van der Waals surface area contributed by atoms with Crippen LogP contribution in [0.2, 0.25) is 0 Å². The maximum atomic E-state index is 6.06. The number of nitrogens with two attached hydrogens (primary N) is 1. The molecule has 3 rings (SSSR count). The van der Waals surface area contributed by atoms with Crippen LogP contribution in [0.3, 0.4) is 0 Å². The van der Waals surface area contributed by atoms with Gasteiger partial charge in [-0.05, 0) is 56.7 Å². The summed E-state index contributed by atoms with van der Waals surface area (Å²) in [5, 5.41) is 4.56. The fourth-order valence-electron chi connectivity index (χ4n) is 2.77. The highest BCUT2D eigenvalue weighted by atomic mass is 15.3. The fourth-order valence-corrected chi connectivity index (χ4v) is 2.77. The lowest BCUT2D eigenvalue weighted by Gasteiger charge is -2.15. The minimum atomic E-state index is 0.714. The summed E-state index contributed by atoms with van der Waals surface area (Å²) in [5.41, 5.74) is 12.3. The van der Waals surface area contributed by atoms with Crippen LogP contribution >= 0.6 is 0 Å². The molecule has 94 valence electrons. The molecule has 0 saturated carbocycles. The van der Waals surface area contributed by atoms with Crippen LogP contribution in [0.5, 0.6) is 0 Å². The zero-order valence-corrected chi connectivity index (χ0v) is 11.0. The van der Waals surface area contributed by atoms with Gasteiger partial charge < -0.3 is 5.73 Å². The third kappa shape index (κ3) is 1.70. The van der Waals surface area contributed by atoms with Gasteiger partial charge in [-0.25, -0.2) is 4.68 Å². The van der Waals surface area contributed by atoms with E-state index in [1.54, 1.807) is 0 Å². The van der Waals surface area contributed by atoms with Gasteiger partial charge in [0.1, 0.15) is 5.82 Å². The van der Waals surface area contributed by atoms with Crippen molar-refractivity contribution in [1.29, 1.82) is 0 Å². The van der Waals surface area contributed by atoms with Crippen molar-refractivity contribution >= 4 is 5.82 Å².